The van der Waals surface area contributed by atoms with E-state index in [1.54, 1.807) is 34.8 Å². The van der Waals surface area contributed by atoms with Gasteiger partial charge in [0.05, 0.1) is 20.4 Å². The first-order chi connectivity index (χ1) is 15.2. The minimum absolute atomic E-state index is 0.232. The van der Waals surface area contributed by atoms with Crippen molar-refractivity contribution in [1.82, 2.24) is 14.9 Å². The van der Waals surface area contributed by atoms with E-state index in [2.05, 4.69) is 40.3 Å². The number of hydrogen-bond acceptors (Lipinski definition) is 7. The zero-order valence-corrected chi connectivity index (χ0v) is 19.3. The van der Waals surface area contributed by atoms with Crippen molar-refractivity contribution in [3.05, 3.63) is 58.7 Å². The minimum atomic E-state index is -0.232. The number of anilines is 2. The average Bonchev–Trinajstić information content (AvgIpc) is 3.46. The highest BCUT2D eigenvalue weighted by atomic mass is 32.1. The minimum Gasteiger partial charge on any atom is -0.323 e. The predicted octanol–water partition coefficient (Wildman–Crippen LogP) is 6.90. The number of hydrogen-bond donors (Lipinski definition) is 1. The maximum absolute atomic E-state index is 13.6. The van der Waals surface area contributed by atoms with Crippen molar-refractivity contribution in [2.75, 3.05) is 18.4 Å². The second-order valence-corrected chi connectivity index (χ2v) is 10.7. The Balaban J connectivity index is 1.47. The summed E-state index contributed by atoms with van der Waals surface area (Å²) >= 11 is 5.02. The van der Waals surface area contributed by atoms with E-state index in [0.717, 1.165) is 56.9 Å². The maximum atomic E-state index is 13.6. The molecule has 0 saturated heterocycles. The molecule has 0 aliphatic carbocycles. The molecule has 4 heterocycles. The van der Waals surface area contributed by atoms with Crippen molar-refractivity contribution in [1.29, 1.82) is 0 Å². The van der Waals surface area contributed by atoms with E-state index >= 15 is 0 Å². The highest BCUT2D eigenvalue weighted by molar-refractivity contribution is 7.24. The van der Waals surface area contributed by atoms with E-state index < -0.39 is 0 Å². The molecule has 5 aromatic rings. The van der Waals surface area contributed by atoms with Crippen LogP contribution in [0.5, 0.6) is 0 Å². The molecule has 4 nitrogen and oxygen atoms in total. The molecule has 0 spiro atoms. The fraction of sp³-hybridized carbons (Fsp3) is 0.217. The van der Waals surface area contributed by atoms with Crippen molar-refractivity contribution in [2.24, 2.45) is 0 Å². The molecule has 0 bridgehead atoms. The van der Waals surface area contributed by atoms with Crippen LogP contribution in [-0.4, -0.2) is 28.0 Å². The number of para-hydroxylation sites is 1. The van der Waals surface area contributed by atoms with Crippen LogP contribution in [0.2, 0.25) is 0 Å². The normalized spacial score (nSPS) is 14.4. The van der Waals surface area contributed by atoms with Gasteiger partial charge >= 0.3 is 0 Å². The van der Waals surface area contributed by atoms with Crippen molar-refractivity contribution < 1.29 is 4.39 Å². The molecular weight excluding hydrogens is 447 g/mol. The molecule has 31 heavy (non-hydrogen) atoms. The zero-order chi connectivity index (χ0) is 20.9. The number of nitrogens with one attached hydrogen (secondary N) is 1. The van der Waals surface area contributed by atoms with Gasteiger partial charge in [0.1, 0.15) is 15.8 Å². The van der Waals surface area contributed by atoms with Gasteiger partial charge in [-0.1, -0.05) is 30.4 Å². The van der Waals surface area contributed by atoms with Gasteiger partial charge in [-0.25, -0.2) is 14.4 Å². The first kappa shape index (κ1) is 19.3. The lowest BCUT2D eigenvalue weighted by molar-refractivity contribution is 0.272. The fourth-order valence-electron chi connectivity index (χ4n) is 4.07. The molecule has 8 heteroatoms. The summed E-state index contributed by atoms with van der Waals surface area (Å²) in [6, 6.07) is 13.0. The number of rotatable bonds is 4. The molecule has 3 aromatic heterocycles. The van der Waals surface area contributed by atoms with Gasteiger partial charge in [-0.15, -0.1) is 22.7 Å². The van der Waals surface area contributed by atoms with E-state index in [4.69, 9.17) is 4.98 Å². The van der Waals surface area contributed by atoms with Crippen molar-refractivity contribution in [2.45, 2.75) is 19.9 Å². The zero-order valence-electron chi connectivity index (χ0n) is 16.8. The summed E-state index contributed by atoms with van der Waals surface area (Å²) in [4.78, 5) is 13.5. The lowest BCUT2D eigenvalue weighted by Gasteiger charge is -2.25. The van der Waals surface area contributed by atoms with Crippen LogP contribution in [0.4, 0.5) is 14.5 Å². The average molecular weight is 467 g/mol. The van der Waals surface area contributed by atoms with Crippen LogP contribution in [0.25, 0.3) is 31.0 Å². The number of aromatic nitrogens is 2. The topological polar surface area (TPSA) is 41.0 Å². The SMILES string of the molecule is CCN1CCc2c(sc(Nc3nc4ccc(F)cc4s3)c2-c2nc3ccccc3s2)C1. The predicted molar refractivity (Wildman–Crippen MR) is 130 cm³/mol. The number of thiophene rings is 1. The molecule has 0 fully saturated rings. The van der Waals surface area contributed by atoms with E-state index in [-0.39, 0.29) is 5.82 Å². The van der Waals surface area contributed by atoms with Crippen LogP contribution < -0.4 is 5.32 Å². The molecule has 1 aliphatic rings. The van der Waals surface area contributed by atoms with E-state index in [0.29, 0.717) is 0 Å². The summed E-state index contributed by atoms with van der Waals surface area (Å²) in [5.41, 5.74) is 4.47. The van der Waals surface area contributed by atoms with Crippen LogP contribution in [0, 0.1) is 5.82 Å². The summed E-state index contributed by atoms with van der Waals surface area (Å²) < 4.78 is 15.7. The van der Waals surface area contributed by atoms with Crippen molar-refractivity contribution >= 4 is 64.6 Å². The number of fused-ring (bicyclic) bond motifs is 3. The Morgan fingerprint density at radius 3 is 2.77 bits per heavy atom. The lowest BCUT2D eigenvalue weighted by Crippen LogP contribution is -2.29. The Kier molecular flexibility index (Phi) is 4.75. The Hall–Kier alpha value is -2.39. The van der Waals surface area contributed by atoms with E-state index in [1.807, 2.05) is 6.07 Å². The third-order valence-corrected chi connectivity index (χ3v) is 8.78. The first-order valence-corrected chi connectivity index (χ1v) is 12.7. The number of benzene rings is 2. The summed E-state index contributed by atoms with van der Waals surface area (Å²) in [7, 11) is 0. The summed E-state index contributed by atoms with van der Waals surface area (Å²) in [6.07, 6.45) is 1.03. The Bertz CT molecular complexity index is 1380. The number of likely N-dealkylation sites (N-methyl/N-ethyl adjacent to an activating group) is 1. The van der Waals surface area contributed by atoms with Crippen molar-refractivity contribution in [3.8, 4) is 10.6 Å². The first-order valence-electron chi connectivity index (χ1n) is 10.2. The standard InChI is InChI=1S/C23H19FN4S3/c1-2-28-10-9-14-19(12-28)30-22(20(14)21-25-15-5-3-4-6-17(15)29-21)27-23-26-16-8-7-13(24)11-18(16)31-23/h3-8,11H,2,9-10,12H2,1H3,(H,26,27). The molecule has 0 radical (unpaired) electrons. The largest absolute Gasteiger partial charge is 0.323 e. The summed E-state index contributed by atoms with van der Waals surface area (Å²) in [6.45, 7) is 5.31. The van der Waals surface area contributed by atoms with Gasteiger partial charge in [-0.2, -0.15) is 0 Å². The van der Waals surface area contributed by atoms with Crippen LogP contribution in [0.3, 0.4) is 0 Å². The molecule has 1 aliphatic heterocycles. The van der Waals surface area contributed by atoms with Crippen LogP contribution in [0.1, 0.15) is 17.4 Å². The molecule has 0 atom stereocenters. The van der Waals surface area contributed by atoms with Gasteiger partial charge in [-0.05, 0) is 48.9 Å². The second-order valence-electron chi connectivity index (χ2n) is 7.57. The van der Waals surface area contributed by atoms with E-state index in [9.17, 15) is 4.39 Å². The molecule has 6 rings (SSSR count). The summed E-state index contributed by atoms with van der Waals surface area (Å²) in [5.74, 6) is -0.232. The van der Waals surface area contributed by atoms with Gasteiger partial charge in [0.25, 0.3) is 0 Å². The van der Waals surface area contributed by atoms with Gasteiger partial charge in [0.15, 0.2) is 5.13 Å². The summed E-state index contributed by atoms with van der Waals surface area (Å²) in [5, 5.41) is 6.49. The fourth-order valence-corrected chi connectivity index (χ4v) is 7.43. The third kappa shape index (κ3) is 3.43. The van der Waals surface area contributed by atoms with Gasteiger partial charge in [-0.3, -0.25) is 4.90 Å². The van der Waals surface area contributed by atoms with Crippen LogP contribution in [0.15, 0.2) is 42.5 Å². The quantitative estimate of drug-likeness (QED) is 0.313. The van der Waals surface area contributed by atoms with Gasteiger partial charge < -0.3 is 5.32 Å². The van der Waals surface area contributed by atoms with Gasteiger partial charge in [0, 0.05) is 23.5 Å². The van der Waals surface area contributed by atoms with E-state index in [1.165, 1.54) is 38.1 Å². The molecule has 0 unspecified atom stereocenters. The smallest absolute Gasteiger partial charge is 0.188 e. The number of thiazole rings is 2. The molecule has 0 amide bonds. The number of nitrogens with zero attached hydrogens (tertiary/aromatic N) is 3. The molecular formula is C23H19FN4S3. The number of halogens is 1. The Morgan fingerprint density at radius 1 is 1.03 bits per heavy atom. The van der Waals surface area contributed by atoms with Crippen LogP contribution in [-0.2, 0) is 13.0 Å². The monoisotopic (exact) mass is 466 g/mol. The lowest BCUT2D eigenvalue weighted by atomic mass is 10.0. The van der Waals surface area contributed by atoms with Crippen molar-refractivity contribution in [3.63, 3.8) is 0 Å². The second kappa shape index (κ2) is 7.63. The Labute approximate surface area is 191 Å². The molecule has 1 N–H and O–H groups in total. The highest BCUT2D eigenvalue weighted by Gasteiger charge is 2.27. The van der Waals surface area contributed by atoms with Gasteiger partial charge in [0.2, 0.25) is 0 Å². The Morgan fingerprint density at radius 2 is 1.90 bits per heavy atom. The third-order valence-electron chi connectivity index (χ3n) is 5.66. The molecule has 0 saturated carbocycles. The maximum Gasteiger partial charge on any atom is 0.188 e. The van der Waals surface area contributed by atoms with Crippen LogP contribution >= 0.6 is 34.0 Å². The molecule has 2 aromatic carbocycles. The highest BCUT2D eigenvalue weighted by Crippen LogP contribution is 2.47. The molecule has 156 valence electrons.